The molecule has 0 amide bonds. The predicted octanol–water partition coefficient (Wildman–Crippen LogP) is 5.20. The molecule has 25 heavy (non-hydrogen) atoms. The van der Waals surface area contributed by atoms with Crippen LogP contribution in [0.5, 0.6) is 5.75 Å². The summed E-state index contributed by atoms with van der Waals surface area (Å²) in [4.78, 5) is 0. The van der Waals surface area contributed by atoms with Gasteiger partial charge in [-0.2, -0.15) is 0 Å². The number of piperidine rings is 1. The molecule has 1 aliphatic rings. The van der Waals surface area contributed by atoms with Gasteiger partial charge in [0.15, 0.2) is 0 Å². The van der Waals surface area contributed by atoms with Crippen molar-refractivity contribution in [1.82, 2.24) is 5.32 Å². The molecule has 3 heteroatoms. The van der Waals surface area contributed by atoms with E-state index >= 15 is 0 Å². The SMILES string of the molecule is CC(C)(c1ccccc1)c1ccc(OCCC2CCNCC2)cc1.Cl. The number of ether oxygens (including phenoxy) is 1. The third-order valence-corrected chi connectivity index (χ3v) is 5.33. The lowest BCUT2D eigenvalue weighted by atomic mass is 9.78. The van der Waals surface area contributed by atoms with Crippen molar-refractivity contribution >= 4 is 12.4 Å². The molecule has 2 aromatic rings. The lowest BCUT2D eigenvalue weighted by molar-refractivity contribution is 0.252. The average molecular weight is 360 g/mol. The normalized spacial score (nSPS) is 15.4. The summed E-state index contributed by atoms with van der Waals surface area (Å²) in [6.07, 6.45) is 3.74. The van der Waals surface area contributed by atoms with Crippen molar-refractivity contribution in [2.24, 2.45) is 5.92 Å². The zero-order valence-corrected chi connectivity index (χ0v) is 16.1. The molecular formula is C22H30ClNO. The lowest BCUT2D eigenvalue weighted by Gasteiger charge is -2.26. The number of hydrogen-bond donors (Lipinski definition) is 1. The van der Waals surface area contributed by atoms with Gasteiger partial charge in [0.1, 0.15) is 5.75 Å². The van der Waals surface area contributed by atoms with E-state index in [4.69, 9.17) is 4.74 Å². The van der Waals surface area contributed by atoms with Gasteiger partial charge in [0.25, 0.3) is 0 Å². The van der Waals surface area contributed by atoms with Gasteiger partial charge in [0.05, 0.1) is 6.61 Å². The Morgan fingerprint density at radius 2 is 1.52 bits per heavy atom. The summed E-state index contributed by atoms with van der Waals surface area (Å²) in [5.41, 5.74) is 2.67. The molecule has 136 valence electrons. The molecule has 1 saturated heterocycles. The molecule has 0 radical (unpaired) electrons. The number of benzene rings is 2. The van der Waals surface area contributed by atoms with Gasteiger partial charge in [0, 0.05) is 5.41 Å². The van der Waals surface area contributed by atoms with E-state index in [0.717, 1.165) is 31.4 Å². The van der Waals surface area contributed by atoms with Crippen LogP contribution in [0.15, 0.2) is 54.6 Å². The molecule has 0 bridgehead atoms. The second-order valence-corrected chi connectivity index (χ2v) is 7.35. The summed E-state index contributed by atoms with van der Waals surface area (Å²) in [7, 11) is 0. The molecule has 1 N–H and O–H groups in total. The molecule has 0 spiro atoms. The molecule has 1 heterocycles. The quantitative estimate of drug-likeness (QED) is 0.765. The van der Waals surface area contributed by atoms with Crippen molar-refractivity contribution < 1.29 is 4.74 Å². The minimum Gasteiger partial charge on any atom is -0.494 e. The van der Waals surface area contributed by atoms with Crippen LogP contribution in [0.4, 0.5) is 0 Å². The Morgan fingerprint density at radius 3 is 2.16 bits per heavy atom. The molecule has 0 aromatic heterocycles. The highest BCUT2D eigenvalue weighted by Gasteiger charge is 2.22. The lowest BCUT2D eigenvalue weighted by Crippen LogP contribution is -2.28. The zero-order chi connectivity index (χ0) is 16.8. The van der Waals surface area contributed by atoms with Crippen molar-refractivity contribution in [1.29, 1.82) is 0 Å². The van der Waals surface area contributed by atoms with E-state index in [1.54, 1.807) is 0 Å². The van der Waals surface area contributed by atoms with Gasteiger partial charge in [0.2, 0.25) is 0 Å². The minimum atomic E-state index is 0. The average Bonchev–Trinajstić information content (AvgIpc) is 2.64. The van der Waals surface area contributed by atoms with Crippen LogP contribution >= 0.6 is 12.4 Å². The summed E-state index contributed by atoms with van der Waals surface area (Å²) in [5.74, 6) is 1.80. The van der Waals surface area contributed by atoms with Gasteiger partial charge < -0.3 is 10.1 Å². The fourth-order valence-corrected chi connectivity index (χ4v) is 3.50. The van der Waals surface area contributed by atoms with Gasteiger partial charge in [-0.1, -0.05) is 56.3 Å². The molecule has 1 fully saturated rings. The molecule has 2 nitrogen and oxygen atoms in total. The van der Waals surface area contributed by atoms with E-state index < -0.39 is 0 Å². The van der Waals surface area contributed by atoms with Gasteiger partial charge in [-0.05, 0) is 61.5 Å². The number of rotatable bonds is 6. The molecule has 2 aromatic carbocycles. The molecule has 3 rings (SSSR count). The maximum absolute atomic E-state index is 5.96. The first-order valence-electron chi connectivity index (χ1n) is 9.16. The van der Waals surface area contributed by atoms with Crippen LogP contribution in [0.3, 0.4) is 0 Å². The van der Waals surface area contributed by atoms with Gasteiger partial charge >= 0.3 is 0 Å². The van der Waals surface area contributed by atoms with Crippen LogP contribution in [-0.2, 0) is 5.41 Å². The number of nitrogens with one attached hydrogen (secondary N) is 1. The van der Waals surface area contributed by atoms with Crippen LogP contribution in [0.25, 0.3) is 0 Å². The second kappa shape index (κ2) is 9.26. The van der Waals surface area contributed by atoms with Crippen LogP contribution in [-0.4, -0.2) is 19.7 Å². The maximum Gasteiger partial charge on any atom is 0.119 e. The van der Waals surface area contributed by atoms with Crippen LogP contribution in [0.2, 0.25) is 0 Å². The molecule has 0 aliphatic carbocycles. The van der Waals surface area contributed by atoms with Crippen LogP contribution in [0, 0.1) is 5.92 Å². The third kappa shape index (κ3) is 5.23. The summed E-state index contributed by atoms with van der Waals surface area (Å²) in [5, 5.41) is 3.42. The third-order valence-electron chi connectivity index (χ3n) is 5.33. The highest BCUT2D eigenvalue weighted by atomic mass is 35.5. The Bertz CT molecular complexity index is 618. The zero-order valence-electron chi connectivity index (χ0n) is 15.3. The van der Waals surface area contributed by atoms with Gasteiger partial charge in [-0.15, -0.1) is 12.4 Å². The highest BCUT2D eigenvalue weighted by molar-refractivity contribution is 5.85. The van der Waals surface area contributed by atoms with Crippen LogP contribution in [0.1, 0.15) is 44.2 Å². The monoisotopic (exact) mass is 359 g/mol. The Hall–Kier alpha value is -1.51. The Balaban J connectivity index is 0.00000225. The summed E-state index contributed by atoms with van der Waals surface area (Å²) >= 11 is 0. The standard InChI is InChI=1S/C22H29NO.ClH/c1-22(2,19-6-4-3-5-7-19)20-8-10-21(11-9-20)24-17-14-18-12-15-23-16-13-18;/h3-11,18,23H,12-17H2,1-2H3;1H. The largest absolute Gasteiger partial charge is 0.494 e. The fourth-order valence-electron chi connectivity index (χ4n) is 3.50. The topological polar surface area (TPSA) is 21.3 Å². The first kappa shape index (κ1) is 19.8. The first-order valence-corrected chi connectivity index (χ1v) is 9.16. The smallest absolute Gasteiger partial charge is 0.119 e. The fraction of sp³-hybridized carbons (Fsp3) is 0.455. The summed E-state index contributed by atoms with van der Waals surface area (Å²) in [6.45, 7) is 7.69. The minimum absolute atomic E-state index is 0. The molecule has 1 aliphatic heterocycles. The van der Waals surface area contributed by atoms with Crippen molar-refractivity contribution in [3.05, 3.63) is 65.7 Å². The molecule has 0 atom stereocenters. The second-order valence-electron chi connectivity index (χ2n) is 7.35. The maximum atomic E-state index is 5.96. The van der Waals surface area contributed by atoms with Gasteiger partial charge in [-0.25, -0.2) is 0 Å². The van der Waals surface area contributed by atoms with E-state index in [2.05, 4.69) is 73.8 Å². The number of hydrogen-bond acceptors (Lipinski definition) is 2. The van der Waals surface area contributed by atoms with E-state index in [-0.39, 0.29) is 17.8 Å². The predicted molar refractivity (Wildman–Crippen MR) is 108 cm³/mol. The molecule has 0 saturated carbocycles. The van der Waals surface area contributed by atoms with E-state index in [9.17, 15) is 0 Å². The van der Waals surface area contributed by atoms with Crippen molar-refractivity contribution in [3.8, 4) is 5.75 Å². The van der Waals surface area contributed by atoms with Crippen molar-refractivity contribution in [2.45, 2.75) is 38.5 Å². The Kier molecular flexibility index (Phi) is 7.34. The Labute approximate surface area is 158 Å². The van der Waals surface area contributed by atoms with Crippen molar-refractivity contribution in [3.63, 3.8) is 0 Å². The molecule has 0 unspecified atom stereocenters. The number of halogens is 1. The van der Waals surface area contributed by atoms with E-state index in [1.807, 2.05) is 0 Å². The van der Waals surface area contributed by atoms with Crippen LogP contribution < -0.4 is 10.1 Å². The summed E-state index contributed by atoms with van der Waals surface area (Å²) < 4.78 is 5.96. The van der Waals surface area contributed by atoms with E-state index in [0.29, 0.717) is 0 Å². The van der Waals surface area contributed by atoms with E-state index in [1.165, 1.54) is 30.4 Å². The highest BCUT2D eigenvalue weighted by Crippen LogP contribution is 2.32. The molecular weight excluding hydrogens is 330 g/mol. The van der Waals surface area contributed by atoms with Gasteiger partial charge in [-0.3, -0.25) is 0 Å². The summed E-state index contributed by atoms with van der Waals surface area (Å²) in [6, 6.07) is 19.3. The van der Waals surface area contributed by atoms with Crippen molar-refractivity contribution in [2.75, 3.05) is 19.7 Å². The Morgan fingerprint density at radius 1 is 0.920 bits per heavy atom. The first-order chi connectivity index (χ1) is 11.7.